The molecule has 5 nitrogen and oxygen atoms in total. The van der Waals surface area contributed by atoms with Crippen molar-refractivity contribution in [3.8, 4) is 0 Å². The first-order valence-electron chi connectivity index (χ1n) is 4.24. The molecule has 1 amide bonds. The SMILES string of the molecule is COCC(C)CNC(=O)C=CC(=O)O. The molecule has 0 bridgehead atoms. The van der Waals surface area contributed by atoms with E-state index < -0.39 is 11.9 Å². The predicted molar refractivity (Wildman–Crippen MR) is 50.8 cm³/mol. The van der Waals surface area contributed by atoms with Crippen molar-refractivity contribution in [3.63, 3.8) is 0 Å². The van der Waals surface area contributed by atoms with Gasteiger partial charge in [0.15, 0.2) is 0 Å². The summed E-state index contributed by atoms with van der Waals surface area (Å²) in [6.07, 6.45) is 1.79. The fourth-order valence-electron chi connectivity index (χ4n) is 0.824. The highest BCUT2D eigenvalue weighted by Crippen LogP contribution is 1.91. The summed E-state index contributed by atoms with van der Waals surface area (Å²) in [5, 5.41) is 10.8. The summed E-state index contributed by atoms with van der Waals surface area (Å²) >= 11 is 0. The fourth-order valence-corrected chi connectivity index (χ4v) is 0.824. The van der Waals surface area contributed by atoms with Crippen LogP contribution < -0.4 is 5.32 Å². The molecular formula is C9H15NO4. The molecule has 5 heteroatoms. The first-order chi connectivity index (χ1) is 6.56. The molecule has 0 aliphatic heterocycles. The number of carboxylic acids is 1. The molecule has 14 heavy (non-hydrogen) atoms. The standard InChI is InChI=1S/C9H15NO4/c1-7(6-14-2)5-10-8(11)3-4-9(12)13/h3-4,7H,5-6H2,1-2H3,(H,10,11)(H,12,13). The van der Waals surface area contributed by atoms with Gasteiger partial charge in [-0.15, -0.1) is 0 Å². The molecule has 0 aromatic heterocycles. The van der Waals surface area contributed by atoms with Crippen molar-refractivity contribution in [3.05, 3.63) is 12.2 Å². The van der Waals surface area contributed by atoms with Crippen molar-refractivity contribution in [2.45, 2.75) is 6.92 Å². The van der Waals surface area contributed by atoms with Crippen LogP contribution in [0.4, 0.5) is 0 Å². The largest absolute Gasteiger partial charge is 0.478 e. The number of carboxylic acid groups (broad SMARTS) is 1. The van der Waals surface area contributed by atoms with Gasteiger partial charge in [0.05, 0.1) is 6.61 Å². The monoisotopic (exact) mass is 201 g/mol. The Balaban J connectivity index is 3.68. The quantitative estimate of drug-likeness (QED) is 0.594. The van der Waals surface area contributed by atoms with E-state index in [9.17, 15) is 9.59 Å². The molecule has 1 unspecified atom stereocenters. The maximum atomic E-state index is 11.0. The summed E-state index contributed by atoms with van der Waals surface area (Å²) in [4.78, 5) is 21.0. The third-order valence-corrected chi connectivity index (χ3v) is 1.45. The minimum absolute atomic E-state index is 0.210. The molecule has 0 aromatic carbocycles. The van der Waals surface area contributed by atoms with Crippen molar-refractivity contribution in [2.75, 3.05) is 20.3 Å². The summed E-state index contributed by atoms with van der Waals surface area (Å²) < 4.78 is 4.87. The van der Waals surface area contributed by atoms with Gasteiger partial charge in [-0.1, -0.05) is 6.92 Å². The second-order valence-electron chi connectivity index (χ2n) is 2.98. The normalized spacial score (nSPS) is 12.7. The van der Waals surface area contributed by atoms with Crippen molar-refractivity contribution in [1.82, 2.24) is 5.32 Å². The Labute approximate surface area is 82.7 Å². The minimum Gasteiger partial charge on any atom is -0.478 e. The van der Waals surface area contributed by atoms with Gasteiger partial charge in [-0.05, 0) is 5.92 Å². The Morgan fingerprint density at radius 2 is 2.14 bits per heavy atom. The Hall–Kier alpha value is -1.36. The number of aliphatic carboxylic acids is 1. The molecule has 0 aliphatic carbocycles. The predicted octanol–water partition coefficient (Wildman–Crippen LogP) is 0.0259. The van der Waals surface area contributed by atoms with E-state index in [2.05, 4.69) is 5.32 Å². The lowest BCUT2D eigenvalue weighted by Crippen LogP contribution is -2.28. The number of nitrogens with one attached hydrogen (secondary N) is 1. The maximum absolute atomic E-state index is 11.0. The van der Waals surface area contributed by atoms with Crippen LogP contribution in [0.1, 0.15) is 6.92 Å². The van der Waals surface area contributed by atoms with E-state index in [1.807, 2.05) is 6.92 Å². The molecule has 0 rings (SSSR count). The van der Waals surface area contributed by atoms with Gasteiger partial charge < -0.3 is 15.2 Å². The van der Waals surface area contributed by atoms with Crippen LogP contribution >= 0.6 is 0 Å². The number of methoxy groups -OCH3 is 1. The van der Waals surface area contributed by atoms with Crippen LogP contribution in [0, 0.1) is 5.92 Å². The fraction of sp³-hybridized carbons (Fsp3) is 0.556. The van der Waals surface area contributed by atoms with Gasteiger partial charge in [-0.3, -0.25) is 4.79 Å². The van der Waals surface area contributed by atoms with Crippen molar-refractivity contribution < 1.29 is 19.4 Å². The Kier molecular flexibility index (Phi) is 6.39. The van der Waals surface area contributed by atoms with Gasteiger partial charge in [-0.2, -0.15) is 0 Å². The number of carbonyl (C=O) groups is 2. The van der Waals surface area contributed by atoms with E-state index in [1.54, 1.807) is 7.11 Å². The van der Waals surface area contributed by atoms with Crippen LogP contribution in [-0.4, -0.2) is 37.2 Å². The van der Waals surface area contributed by atoms with Crippen LogP contribution in [0.3, 0.4) is 0 Å². The average molecular weight is 201 g/mol. The van der Waals surface area contributed by atoms with Crippen LogP contribution in [0.2, 0.25) is 0 Å². The summed E-state index contributed by atoms with van der Waals surface area (Å²) in [5.74, 6) is -1.33. The molecule has 0 saturated carbocycles. The van der Waals surface area contributed by atoms with E-state index in [1.165, 1.54) is 0 Å². The summed E-state index contributed by atoms with van der Waals surface area (Å²) in [6, 6.07) is 0. The molecule has 0 heterocycles. The third kappa shape index (κ3) is 7.30. The summed E-state index contributed by atoms with van der Waals surface area (Å²) in [5.41, 5.74) is 0. The highest BCUT2D eigenvalue weighted by atomic mass is 16.5. The van der Waals surface area contributed by atoms with E-state index in [0.717, 1.165) is 12.2 Å². The van der Waals surface area contributed by atoms with Crippen LogP contribution in [0.5, 0.6) is 0 Å². The topological polar surface area (TPSA) is 75.6 Å². The second kappa shape index (κ2) is 7.08. The molecule has 0 spiro atoms. The van der Waals surface area contributed by atoms with Gasteiger partial charge in [0.2, 0.25) is 5.91 Å². The first-order valence-corrected chi connectivity index (χ1v) is 4.24. The van der Waals surface area contributed by atoms with Gasteiger partial charge in [0.25, 0.3) is 0 Å². The van der Waals surface area contributed by atoms with Gasteiger partial charge >= 0.3 is 5.97 Å². The van der Waals surface area contributed by atoms with Crippen LogP contribution in [0.15, 0.2) is 12.2 Å². The molecule has 0 radical (unpaired) electrons. The van der Waals surface area contributed by atoms with Crippen LogP contribution in [-0.2, 0) is 14.3 Å². The van der Waals surface area contributed by atoms with E-state index >= 15 is 0 Å². The maximum Gasteiger partial charge on any atom is 0.328 e. The molecule has 0 saturated heterocycles. The van der Waals surface area contributed by atoms with E-state index in [4.69, 9.17) is 9.84 Å². The molecule has 1 atom stereocenters. The zero-order valence-corrected chi connectivity index (χ0v) is 8.32. The lowest BCUT2D eigenvalue weighted by molar-refractivity contribution is -0.131. The van der Waals surface area contributed by atoms with Gasteiger partial charge in [0.1, 0.15) is 0 Å². The van der Waals surface area contributed by atoms with E-state index in [0.29, 0.717) is 13.2 Å². The number of ether oxygens (including phenoxy) is 1. The average Bonchev–Trinajstić information content (AvgIpc) is 2.12. The minimum atomic E-state index is -1.13. The molecular weight excluding hydrogens is 186 g/mol. The third-order valence-electron chi connectivity index (χ3n) is 1.45. The van der Waals surface area contributed by atoms with Crippen molar-refractivity contribution >= 4 is 11.9 Å². The summed E-state index contributed by atoms with van der Waals surface area (Å²) in [6.45, 7) is 2.95. The molecule has 80 valence electrons. The lowest BCUT2D eigenvalue weighted by atomic mass is 10.2. The highest BCUT2D eigenvalue weighted by Gasteiger charge is 2.02. The first kappa shape index (κ1) is 12.6. The summed E-state index contributed by atoms with van der Waals surface area (Å²) in [7, 11) is 1.59. The van der Waals surface area contributed by atoms with Gasteiger partial charge in [-0.25, -0.2) is 4.79 Å². The molecule has 0 fully saturated rings. The molecule has 0 aliphatic rings. The van der Waals surface area contributed by atoms with Crippen molar-refractivity contribution in [2.24, 2.45) is 5.92 Å². The smallest absolute Gasteiger partial charge is 0.328 e. The Bertz CT molecular complexity index is 225. The number of carbonyl (C=O) groups excluding carboxylic acids is 1. The van der Waals surface area contributed by atoms with E-state index in [-0.39, 0.29) is 5.92 Å². The Morgan fingerprint density at radius 1 is 1.50 bits per heavy atom. The zero-order valence-electron chi connectivity index (χ0n) is 8.32. The van der Waals surface area contributed by atoms with Gasteiger partial charge in [0, 0.05) is 25.8 Å². The zero-order chi connectivity index (χ0) is 11.0. The van der Waals surface area contributed by atoms with Crippen molar-refractivity contribution in [1.29, 1.82) is 0 Å². The second-order valence-corrected chi connectivity index (χ2v) is 2.98. The Morgan fingerprint density at radius 3 is 2.64 bits per heavy atom. The molecule has 2 N–H and O–H groups in total. The number of hydrogen-bond donors (Lipinski definition) is 2. The number of amides is 1. The highest BCUT2D eigenvalue weighted by molar-refractivity contribution is 5.93. The molecule has 0 aromatic rings. The number of rotatable bonds is 6. The lowest BCUT2D eigenvalue weighted by Gasteiger charge is -2.09. The van der Waals surface area contributed by atoms with Crippen LogP contribution in [0.25, 0.3) is 0 Å². The number of hydrogen-bond acceptors (Lipinski definition) is 3.